The van der Waals surface area contributed by atoms with E-state index < -0.39 is 11.7 Å². The Balaban J connectivity index is 1.54. The summed E-state index contributed by atoms with van der Waals surface area (Å²) < 4.78 is 51.3. The molecule has 4 rings (SSSR count). The second-order valence-electron chi connectivity index (χ2n) is 8.49. The molecule has 0 atom stereocenters. The summed E-state index contributed by atoms with van der Waals surface area (Å²) in [5, 5.41) is 3.70. The van der Waals surface area contributed by atoms with Crippen LogP contribution in [-0.2, 0) is 41.6 Å². The van der Waals surface area contributed by atoms with Crippen LogP contribution in [0.25, 0.3) is 0 Å². The first-order valence-corrected chi connectivity index (χ1v) is 11.6. The van der Waals surface area contributed by atoms with Crippen LogP contribution in [0.1, 0.15) is 34.7 Å². The van der Waals surface area contributed by atoms with E-state index in [1.165, 1.54) is 5.56 Å². The van der Waals surface area contributed by atoms with Crippen molar-refractivity contribution >= 4 is 5.91 Å². The second-order valence-corrected chi connectivity index (χ2v) is 8.49. The lowest BCUT2D eigenvalue weighted by atomic mass is 9.99. The zero-order valence-electron chi connectivity index (χ0n) is 19.6. The number of aromatic nitrogens is 2. The van der Waals surface area contributed by atoms with Gasteiger partial charge in [-0.1, -0.05) is 43.3 Å². The summed E-state index contributed by atoms with van der Waals surface area (Å²) in [5.41, 5.74) is 3.45. The van der Waals surface area contributed by atoms with Crippen molar-refractivity contribution in [3.05, 3.63) is 82.7 Å². The highest BCUT2D eigenvalue weighted by molar-refractivity contribution is 5.76. The SMILES string of the molecule is CCc1ccc2c(c1)Cc1cccc(c1)CN(C(=O)Cn1cc(C(F)(F)F)cn1)CCOCCO2. The molecule has 6 nitrogen and oxygen atoms in total. The van der Waals surface area contributed by atoms with E-state index in [0.29, 0.717) is 32.7 Å². The average molecular weight is 488 g/mol. The topological polar surface area (TPSA) is 56.6 Å². The minimum absolute atomic E-state index is 0.281. The normalized spacial score (nSPS) is 15.1. The molecule has 2 bridgehead atoms. The number of rotatable bonds is 3. The molecule has 35 heavy (non-hydrogen) atoms. The quantitative estimate of drug-likeness (QED) is 0.546. The van der Waals surface area contributed by atoms with Crippen LogP contribution < -0.4 is 4.74 Å². The fraction of sp³-hybridized carbons (Fsp3) is 0.385. The molecular formula is C26H28F3N3O3. The summed E-state index contributed by atoms with van der Waals surface area (Å²) in [7, 11) is 0. The van der Waals surface area contributed by atoms with Crippen molar-refractivity contribution in [2.45, 2.75) is 39.0 Å². The third-order valence-corrected chi connectivity index (χ3v) is 5.89. The van der Waals surface area contributed by atoms with E-state index in [9.17, 15) is 18.0 Å². The standard InChI is InChI=1S/C26H28F3N3O3/c1-2-19-6-7-24-22(13-19)14-20-4-3-5-21(12-20)16-31(8-9-34-10-11-35-24)25(33)18-32-17-23(15-30-32)26(27,28)29/h3-7,12-13,15,17H,2,8-11,14,16,18H2,1H3. The van der Waals surface area contributed by atoms with Crippen LogP contribution >= 0.6 is 0 Å². The Morgan fingerprint density at radius 1 is 1.09 bits per heavy atom. The van der Waals surface area contributed by atoms with E-state index in [-0.39, 0.29) is 19.1 Å². The number of aryl methyl sites for hydroxylation is 1. The molecule has 186 valence electrons. The van der Waals surface area contributed by atoms with Crippen LogP contribution in [0.3, 0.4) is 0 Å². The molecule has 0 saturated heterocycles. The molecule has 0 radical (unpaired) electrons. The van der Waals surface area contributed by atoms with Gasteiger partial charge in [0.25, 0.3) is 0 Å². The zero-order valence-corrected chi connectivity index (χ0v) is 19.6. The number of ether oxygens (including phenoxy) is 2. The van der Waals surface area contributed by atoms with Gasteiger partial charge < -0.3 is 14.4 Å². The van der Waals surface area contributed by atoms with E-state index in [0.717, 1.165) is 45.9 Å². The Morgan fingerprint density at radius 2 is 1.91 bits per heavy atom. The highest BCUT2D eigenvalue weighted by Crippen LogP contribution is 2.28. The third-order valence-electron chi connectivity index (χ3n) is 5.89. The number of carbonyl (C=O) groups excluding carboxylic acids is 1. The van der Waals surface area contributed by atoms with Crippen molar-refractivity contribution in [3.8, 4) is 5.75 Å². The number of hydrogen-bond donors (Lipinski definition) is 0. The Labute approximate surface area is 202 Å². The maximum atomic E-state index is 13.0. The highest BCUT2D eigenvalue weighted by Gasteiger charge is 2.32. The smallest absolute Gasteiger partial charge is 0.419 e. The fourth-order valence-electron chi connectivity index (χ4n) is 4.02. The summed E-state index contributed by atoms with van der Waals surface area (Å²) in [4.78, 5) is 14.6. The van der Waals surface area contributed by atoms with Gasteiger partial charge in [-0.25, -0.2) is 0 Å². The van der Waals surface area contributed by atoms with Gasteiger partial charge >= 0.3 is 6.18 Å². The lowest BCUT2D eigenvalue weighted by Gasteiger charge is -2.24. The van der Waals surface area contributed by atoms with Crippen molar-refractivity contribution in [3.63, 3.8) is 0 Å². The highest BCUT2D eigenvalue weighted by atomic mass is 19.4. The van der Waals surface area contributed by atoms with E-state index in [4.69, 9.17) is 9.47 Å². The van der Waals surface area contributed by atoms with Crippen LogP contribution in [0.2, 0.25) is 0 Å². The minimum atomic E-state index is -4.50. The molecule has 0 fully saturated rings. The van der Waals surface area contributed by atoms with Crippen LogP contribution in [0, 0.1) is 0 Å². The zero-order chi connectivity index (χ0) is 24.8. The molecule has 0 aliphatic carbocycles. The largest absolute Gasteiger partial charge is 0.491 e. The van der Waals surface area contributed by atoms with E-state index in [1.54, 1.807) is 4.90 Å². The van der Waals surface area contributed by atoms with Gasteiger partial charge in [-0.3, -0.25) is 9.48 Å². The van der Waals surface area contributed by atoms with Gasteiger partial charge in [0.1, 0.15) is 18.9 Å². The van der Waals surface area contributed by atoms with Crippen LogP contribution in [-0.4, -0.2) is 47.0 Å². The molecule has 1 aliphatic rings. The maximum Gasteiger partial charge on any atom is 0.419 e. The molecule has 1 aromatic heterocycles. The van der Waals surface area contributed by atoms with Crippen molar-refractivity contribution in [2.75, 3.05) is 26.4 Å². The van der Waals surface area contributed by atoms with Crippen LogP contribution in [0.5, 0.6) is 5.75 Å². The maximum absolute atomic E-state index is 13.0. The van der Waals surface area contributed by atoms with Gasteiger partial charge in [-0.05, 0) is 34.7 Å². The summed E-state index contributed by atoms with van der Waals surface area (Å²) >= 11 is 0. The Bertz CT molecular complexity index is 1160. The molecule has 3 aromatic rings. The van der Waals surface area contributed by atoms with Crippen molar-refractivity contribution in [2.24, 2.45) is 0 Å². The molecule has 0 saturated carbocycles. The molecule has 2 heterocycles. The number of hydrogen-bond acceptors (Lipinski definition) is 4. The molecule has 0 spiro atoms. The number of carbonyl (C=O) groups is 1. The van der Waals surface area contributed by atoms with Crippen molar-refractivity contribution < 1.29 is 27.4 Å². The van der Waals surface area contributed by atoms with E-state index in [1.807, 2.05) is 30.3 Å². The van der Waals surface area contributed by atoms with Crippen LogP contribution in [0.15, 0.2) is 54.9 Å². The molecule has 1 aliphatic heterocycles. The Kier molecular flexibility index (Phi) is 7.75. The first-order valence-electron chi connectivity index (χ1n) is 11.6. The van der Waals surface area contributed by atoms with E-state index in [2.05, 4.69) is 24.2 Å². The predicted octanol–water partition coefficient (Wildman–Crippen LogP) is 4.49. The monoisotopic (exact) mass is 487 g/mol. The second kappa shape index (κ2) is 10.9. The van der Waals surface area contributed by atoms with E-state index >= 15 is 0 Å². The van der Waals surface area contributed by atoms with Gasteiger partial charge in [0.2, 0.25) is 5.91 Å². The lowest BCUT2D eigenvalue weighted by Crippen LogP contribution is -2.36. The number of alkyl halides is 3. The molecule has 9 heteroatoms. The van der Waals surface area contributed by atoms with Crippen molar-refractivity contribution in [1.29, 1.82) is 0 Å². The molecular weight excluding hydrogens is 459 g/mol. The van der Waals surface area contributed by atoms with Gasteiger partial charge in [0, 0.05) is 25.7 Å². The number of benzene rings is 2. The van der Waals surface area contributed by atoms with Crippen molar-refractivity contribution in [1.82, 2.24) is 14.7 Å². The average Bonchev–Trinajstić information content (AvgIpc) is 3.30. The fourth-order valence-corrected chi connectivity index (χ4v) is 4.02. The first-order chi connectivity index (χ1) is 16.8. The number of fused-ring (bicyclic) bond motifs is 3. The van der Waals surface area contributed by atoms with Crippen LogP contribution in [0.4, 0.5) is 13.2 Å². The number of nitrogens with zero attached hydrogens (tertiary/aromatic N) is 3. The number of amides is 1. The summed E-state index contributed by atoms with van der Waals surface area (Å²) in [6, 6.07) is 14.2. The van der Waals surface area contributed by atoms with Gasteiger partial charge in [0.05, 0.1) is 25.0 Å². The molecule has 0 unspecified atom stereocenters. The summed E-state index contributed by atoms with van der Waals surface area (Å²) in [5.74, 6) is 0.500. The number of halogens is 3. The van der Waals surface area contributed by atoms with Gasteiger partial charge in [-0.15, -0.1) is 0 Å². The lowest BCUT2D eigenvalue weighted by molar-refractivity contribution is -0.138. The first kappa shape index (κ1) is 24.8. The summed E-state index contributed by atoms with van der Waals surface area (Å²) in [6.45, 7) is 3.46. The minimum Gasteiger partial charge on any atom is -0.491 e. The Morgan fingerprint density at radius 3 is 2.69 bits per heavy atom. The van der Waals surface area contributed by atoms with Gasteiger partial charge in [-0.2, -0.15) is 18.3 Å². The molecule has 0 N–H and O–H groups in total. The third kappa shape index (κ3) is 6.63. The van der Waals surface area contributed by atoms with Gasteiger partial charge in [0.15, 0.2) is 0 Å². The predicted molar refractivity (Wildman–Crippen MR) is 124 cm³/mol. The molecule has 2 aromatic carbocycles. The summed E-state index contributed by atoms with van der Waals surface area (Å²) in [6.07, 6.45) is -1.32. The molecule has 1 amide bonds. The Hall–Kier alpha value is -3.33.